The van der Waals surface area contributed by atoms with Crippen molar-refractivity contribution < 1.29 is 49.1 Å². The maximum absolute atomic E-state index is 13.1. The van der Waals surface area contributed by atoms with E-state index in [4.69, 9.17) is 23.7 Å². The summed E-state index contributed by atoms with van der Waals surface area (Å²) < 4.78 is 23.9. The number of hydrogen-bond donors (Lipinski definition) is 1. The van der Waals surface area contributed by atoms with Crippen molar-refractivity contribution in [3.63, 3.8) is 0 Å². The number of amides is 1. The minimum absolute atomic E-state index is 0. The Balaban J connectivity index is 0.00000645. The quantitative estimate of drug-likeness (QED) is 0.164. The zero-order chi connectivity index (χ0) is 30.4. The Labute approximate surface area is 247 Å². The molecule has 1 atom stereocenters. The summed E-state index contributed by atoms with van der Waals surface area (Å²) in [5.41, 5.74) is 1.24. The summed E-state index contributed by atoms with van der Waals surface area (Å²) in [6.07, 6.45) is -1.10. The van der Waals surface area contributed by atoms with Crippen LogP contribution < -0.4 is 5.32 Å². The molecule has 222 valence electrons. The van der Waals surface area contributed by atoms with E-state index in [1.807, 2.05) is 0 Å². The SMILES string of the molecule is CC(C)(SC(=O)OCOC(=O)c1ccccc1)[C@@H](NC(=O)OCOC(=O)c1ccccc1)C(=O)OCc1ccccc1.[HH]. The molecule has 0 unspecified atom stereocenters. The zero-order valence-electron chi connectivity index (χ0n) is 22.8. The molecule has 42 heavy (non-hydrogen) atoms. The van der Waals surface area contributed by atoms with Crippen molar-refractivity contribution in [3.05, 3.63) is 108 Å². The van der Waals surface area contributed by atoms with Crippen LogP contribution in [0.5, 0.6) is 0 Å². The Kier molecular flexibility index (Phi) is 11.9. The number of rotatable bonds is 12. The van der Waals surface area contributed by atoms with Gasteiger partial charge in [-0.15, -0.1) is 0 Å². The average Bonchev–Trinajstić information content (AvgIpc) is 2.99. The predicted octanol–water partition coefficient (Wildman–Crippen LogP) is 5.35. The molecule has 0 heterocycles. The molecule has 0 aliphatic carbocycles. The van der Waals surface area contributed by atoms with Crippen molar-refractivity contribution in [2.45, 2.75) is 31.2 Å². The van der Waals surface area contributed by atoms with Crippen LogP contribution in [-0.2, 0) is 35.1 Å². The minimum atomic E-state index is -1.41. The van der Waals surface area contributed by atoms with Gasteiger partial charge in [-0.05, 0) is 55.4 Å². The maximum Gasteiger partial charge on any atom is 0.410 e. The smallest absolute Gasteiger partial charge is 0.410 e. The summed E-state index contributed by atoms with van der Waals surface area (Å²) >= 11 is 0.567. The molecule has 0 saturated heterocycles. The molecular weight excluding hydrogens is 566 g/mol. The predicted molar refractivity (Wildman–Crippen MR) is 153 cm³/mol. The van der Waals surface area contributed by atoms with E-state index in [9.17, 15) is 24.0 Å². The number of alkyl carbamates (subject to hydrolysis) is 1. The Bertz CT molecular complexity index is 1360. The lowest BCUT2D eigenvalue weighted by Crippen LogP contribution is -2.53. The van der Waals surface area contributed by atoms with Crippen LogP contribution in [0.1, 0.15) is 41.6 Å². The fraction of sp³-hybridized carbons (Fsp3) is 0.233. The van der Waals surface area contributed by atoms with Gasteiger partial charge in [0.05, 0.1) is 15.9 Å². The lowest BCUT2D eigenvalue weighted by molar-refractivity contribution is -0.148. The third-order valence-corrected chi connectivity index (χ3v) is 6.58. The van der Waals surface area contributed by atoms with E-state index in [1.54, 1.807) is 78.9 Å². The first-order valence-electron chi connectivity index (χ1n) is 12.6. The molecule has 0 spiro atoms. The number of thioether (sulfide) groups is 1. The van der Waals surface area contributed by atoms with E-state index in [2.05, 4.69) is 5.32 Å². The molecule has 0 saturated carbocycles. The van der Waals surface area contributed by atoms with Crippen LogP contribution in [-0.4, -0.2) is 53.7 Å². The Morgan fingerprint density at radius 3 is 1.69 bits per heavy atom. The van der Waals surface area contributed by atoms with Gasteiger partial charge in [-0.1, -0.05) is 66.7 Å². The van der Waals surface area contributed by atoms with Crippen LogP contribution in [0.3, 0.4) is 0 Å². The lowest BCUT2D eigenvalue weighted by Gasteiger charge is -2.31. The van der Waals surface area contributed by atoms with Crippen molar-refractivity contribution in [2.24, 2.45) is 0 Å². The molecule has 0 aliphatic rings. The van der Waals surface area contributed by atoms with Crippen LogP contribution >= 0.6 is 11.8 Å². The first kappa shape index (κ1) is 31.7. The van der Waals surface area contributed by atoms with E-state index >= 15 is 0 Å². The van der Waals surface area contributed by atoms with Crippen molar-refractivity contribution in [1.82, 2.24) is 5.32 Å². The highest BCUT2D eigenvalue weighted by Crippen LogP contribution is 2.31. The second-order valence-electron chi connectivity index (χ2n) is 9.03. The van der Waals surface area contributed by atoms with Crippen molar-refractivity contribution in [3.8, 4) is 0 Å². The monoisotopic (exact) mass is 597 g/mol. The first-order chi connectivity index (χ1) is 20.2. The molecule has 0 aliphatic heterocycles. The highest BCUT2D eigenvalue weighted by atomic mass is 32.2. The largest absolute Gasteiger partial charge is 0.459 e. The molecule has 0 fully saturated rings. The molecule has 0 radical (unpaired) electrons. The number of hydrogen-bond acceptors (Lipinski definition) is 11. The molecule has 11 nitrogen and oxygen atoms in total. The van der Waals surface area contributed by atoms with Crippen LogP contribution in [0, 0.1) is 0 Å². The number of carbonyl (C=O) groups excluding carboxylic acids is 5. The maximum atomic E-state index is 13.1. The molecular formula is C30H31NO10S. The molecule has 3 rings (SSSR count). The molecule has 0 aromatic heterocycles. The van der Waals surface area contributed by atoms with Gasteiger partial charge in [0.15, 0.2) is 0 Å². The summed E-state index contributed by atoms with van der Waals surface area (Å²) in [4.78, 5) is 62.3. The van der Waals surface area contributed by atoms with E-state index in [0.717, 1.165) is 0 Å². The van der Waals surface area contributed by atoms with E-state index < -0.39 is 53.7 Å². The molecule has 1 amide bonds. The fourth-order valence-corrected chi connectivity index (χ4v) is 4.18. The van der Waals surface area contributed by atoms with Gasteiger partial charge in [0.25, 0.3) is 0 Å². The fourth-order valence-electron chi connectivity index (χ4n) is 3.37. The van der Waals surface area contributed by atoms with E-state index in [1.165, 1.54) is 26.0 Å². The number of carbonyl (C=O) groups is 5. The summed E-state index contributed by atoms with van der Waals surface area (Å²) in [6.45, 7) is 1.51. The summed E-state index contributed by atoms with van der Waals surface area (Å²) in [6, 6.07) is 23.6. The molecule has 0 bridgehead atoms. The van der Waals surface area contributed by atoms with Gasteiger partial charge in [-0.3, -0.25) is 0 Å². The van der Waals surface area contributed by atoms with E-state index in [0.29, 0.717) is 17.3 Å². The highest BCUT2D eigenvalue weighted by Gasteiger charge is 2.41. The minimum Gasteiger partial charge on any atom is -0.459 e. The topological polar surface area (TPSA) is 144 Å². The Morgan fingerprint density at radius 2 is 1.17 bits per heavy atom. The third kappa shape index (κ3) is 10.3. The molecule has 12 heteroatoms. The summed E-state index contributed by atoms with van der Waals surface area (Å²) in [7, 11) is 0. The lowest BCUT2D eigenvalue weighted by atomic mass is 10.0. The van der Waals surface area contributed by atoms with Gasteiger partial charge < -0.3 is 29.0 Å². The average molecular weight is 598 g/mol. The first-order valence-corrected chi connectivity index (χ1v) is 13.4. The van der Waals surface area contributed by atoms with Crippen molar-refractivity contribution >= 4 is 41.1 Å². The second kappa shape index (κ2) is 15.8. The third-order valence-electron chi connectivity index (χ3n) is 5.53. The summed E-state index contributed by atoms with van der Waals surface area (Å²) in [5, 5.41) is 1.49. The highest BCUT2D eigenvalue weighted by molar-refractivity contribution is 8.14. The van der Waals surface area contributed by atoms with Gasteiger partial charge in [0, 0.05) is 1.43 Å². The van der Waals surface area contributed by atoms with Gasteiger partial charge in [-0.25, -0.2) is 24.0 Å². The molecule has 3 aromatic rings. The van der Waals surface area contributed by atoms with Gasteiger partial charge in [0.1, 0.15) is 12.6 Å². The number of esters is 3. The standard InChI is InChI=1S/C30H29NO10S.H2/c1-30(2,42-29(36)41-20-39-26(33)23-16-10-5-11-17-23)24(27(34)37-18-21-12-6-3-7-13-21)31-28(35)40-19-38-25(32)22-14-8-4-9-15-22;/h3-17,24H,18-20H2,1-2H3,(H,31,35);1H/t24-;/m0./s1. The van der Waals surface area contributed by atoms with Crippen LogP contribution in [0.4, 0.5) is 9.59 Å². The molecule has 3 aromatic carbocycles. The number of benzene rings is 3. The van der Waals surface area contributed by atoms with Crippen LogP contribution in [0.15, 0.2) is 91.0 Å². The molecule has 1 N–H and O–H groups in total. The second-order valence-corrected chi connectivity index (χ2v) is 10.6. The van der Waals surface area contributed by atoms with Gasteiger partial charge in [-0.2, -0.15) is 0 Å². The zero-order valence-corrected chi connectivity index (χ0v) is 23.7. The van der Waals surface area contributed by atoms with Crippen molar-refractivity contribution in [1.29, 1.82) is 0 Å². The van der Waals surface area contributed by atoms with Crippen LogP contribution in [0.25, 0.3) is 0 Å². The normalized spacial score (nSPS) is 11.4. The van der Waals surface area contributed by atoms with Gasteiger partial charge in [0.2, 0.25) is 13.6 Å². The number of ether oxygens (including phenoxy) is 5. The van der Waals surface area contributed by atoms with Gasteiger partial charge >= 0.3 is 29.3 Å². The summed E-state index contributed by atoms with van der Waals surface area (Å²) in [5.74, 6) is -2.26. The van der Waals surface area contributed by atoms with Crippen LogP contribution in [0.2, 0.25) is 0 Å². The Hall–Kier alpha value is -4.84. The van der Waals surface area contributed by atoms with E-state index in [-0.39, 0.29) is 19.2 Å². The van der Waals surface area contributed by atoms with Crippen molar-refractivity contribution in [2.75, 3.05) is 13.6 Å². The Morgan fingerprint density at radius 1 is 0.690 bits per heavy atom. The number of nitrogens with one attached hydrogen (secondary N) is 1.